The van der Waals surface area contributed by atoms with Gasteiger partial charge in [-0.05, 0) is 36.8 Å². The summed E-state index contributed by atoms with van der Waals surface area (Å²) in [6.07, 6.45) is 2.17. The predicted molar refractivity (Wildman–Crippen MR) is 108 cm³/mol. The molecule has 3 heterocycles. The Morgan fingerprint density at radius 2 is 2.04 bits per heavy atom. The van der Waals surface area contributed by atoms with Gasteiger partial charge in [-0.2, -0.15) is 0 Å². The van der Waals surface area contributed by atoms with E-state index in [0.717, 1.165) is 46.4 Å². The molecule has 28 heavy (non-hydrogen) atoms. The number of rotatable bonds is 3. The van der Waals surface area contributed by atoms with Crippen LogP contribution in [-0.4, -0.2) is 39.4 Å². The molecule has 1 unspecified atom stereocenters. The van der Waals surface area contributed by atoms with E-state index in [2.05, 4.69) is 32.2 Å². The molecule has 7 nitrogen and oxygen atoms in total. The van der Waals surface area contributed by atoms with Gasteiger partial charge in [-0.15, -0.1) is 0 Å². The molecule has 2 aromatic heterocycles. The van der Waals surface area contributed by atoms with E-state index in [1.807, 2.05) is 36.4 Å². The van der Waals surface area contributed by atoms with Crippen LogP contribution in [0, 0.1) is 0 Å². The molecule has 0 spiro atoms. The number of benzene rings is 2. The molecule has 1 fully saturated rings. The zero-order valence-corrected chi connectivity index (χ0v) is 15.1. The van der Waals surface area contributed by atoms with Gasteiger partial charge in [0, 0.05) is 36.1 Å². The number of nitrogens with zero attached hydrogens (tertiary/aromatic N) is 4. The highest BCUT2D eigenvalue weighted by Gasteiger charge is 2.21. The van der Waals surface area contributed by atoms with Crippen molar-refractivity contribution in [1.29, 1.82) is 0 Å². The third-order valence-electron chi connectivity index (χ3n) is 5.08. The third kappa shape index (κ3) is 2.95. The van der Waals surface area contributed by atoms with Crippen LogP contribution in [0.4, 0.5) is 11.6 Å². The van der Waals surface area contributed by atoms with Gasteiger partial charge in [0.05, 0.1) is 17.2 Å². The molecule has 0 saturated carbocycles. The van der Waals surface area contributed by atoms with Crippen molar-refractivity contribution < 1.29 is 9.63 Å². The van der Waals surface area contributed by atoms with Crippen molar-refractivity contribution in [2.45, 2.75) is 12.5 Å². The molecule has 2 aromatic carbocycles. The Kier molecular flexibility index (Phi) is 3.95. The van der Waals surface area contributed by atoms with Crippen LogP contribution in [0.15, 0.2) is 59.3 Å². The van der Waals surface area contributed by atoms with E-state index in [0.29, 0.717) is 12.3 Å². The van der Waals surface area contributed by atoms with Crippen LogP contribution in [0.1, 0.15) is 6.42 Å². The smallest absolute Gasteiger partial charge is 0.220 e. The lowest BCUT2D eigenvalue weighted by molar-refractivity contribution is 0.198. The van der Waals surface area contributed by atoms with Crippen molar-refractivity contribution in [3.63, 3.8) is 0 Å². The highest BCUT2D eigenvalue weighted by molar-refractivity contribution is 5.94. The Labute approximate surface area is 161 Å². The average molecular weight is 373 g/mol. The van der Waals surface area contributed by atoms with Crippen molar-refractivity contribution in [3.8, 4) is 22.6 Å². The second-order valence-corrected chi connectivity index (χ2v) is 6.98. The second kappa shape index (κ2) is 6.61. The second-order valence-electron chi connectivity index (χ2n) is 6.98. The summed E-state index contributed by atoms with van der Waals surface area (Å²) in [4.78, 5) is 10.4. The molecule has 0 amide bonds. The van der Waals surface area contributed by atoms with Crippen LogP contribution in [0.5, 0.6) is 0 Å². The summed E-state index contributed by atoms with van der Waals surface area (Å²) >= 11 is 0. The van der Waals surface area contributed by atoms with Crippen molar-refractivity contribution in [2.75, 3.05) is 23.7 Å². The molecule has 0 radical (unpaired) electrons. The summed E-state index contributed by atoms with van der Waals surface area (Å²) in [7, 11) is 0. The maximum Gasteiger partial charge on any atom is 0.220 e. The lowest BCUT2D eigenvalue weighted by Gasteiger charge is -2.18. The lowest BCUT2D eigenvalue weighted by atomic mass is 10.0. The van der Waals surface area contributed by atoms with Gasteiger partial charge in [0.2, 0.25) is 5.95 Å². The van der Waals surface area contributed by atoms with Gasteiger partial charge in [0.15, 0.2) is 5.76 Å². The van der Waals surface area contributed by atoms with Crippen LogP contribution in [0.3, 0.4) is 0 Å². The normalized spacial score (nSPS) is 16.8. The standard InChI is InChI=1S/C21H19N5O2/c22-21-23-8-6-18(24-21)13-4-5-19-17(11-13)20(28-25-19)14-2-1-3-15(10-14)26-9-7-16(27)12-26/h1-6,8,10-11,16,27H,7,9,12H2,(H2,22,23,24). The molecule has 4 aromatic rings. The van der Waals surface area contributed by atoms with Crippen LogP contribution < -0.4 is 10.6 Å². The molecule has 1 saturated heterocycles. The fraction of sp³-hybridized carbons (Fsp3) is 0.190. The van der Waals surface area contributed by atoms with Gasteiger partial charge >= 0.3 is 0 Å². The van der Waals surface area contributed by atoms with Gasteiger partial charge in [0.1, 0.15) is 5.52 Å². The van der Waals surface area contributed by atoms with E-state index < -0.39 is 0 Å². The number of fused-ring (bicyclic) bond motifs is 1. The van der Waals surface area contributed by atoms with Crippen molar-refractivity contribution >= 4 is 22.5 Å². The van der Waals surface area contributed by atoms with Crippen molar-refractivity contribution in [3.05, 3.63) is 54.7 Å². The Morgan fingerprint density at radius 1 is 1.11 bits per heavy atom. The molecule has 3 N–H and O–H groups in total. The summed E-state index contributed by atoms with van der Waals surface area (Å²) < 4.78 is 5.68. The van der Waals surface area contributed by atoms with Crippen LogP contribution in [0.2, 0.25) is 0 Å². The summed E-state index contributed by atoms with van der Waals surface area (Å²) in [6, 6.07) is 15.8. The number of β-amino-alcohol motifs (C(OH)–C–C–N with tert-alkyl or cyclic N) is 1. The molecule has 0 aliphatic carbocycles. The minimum atomic E-state index is -0.266. The number of nitrogens with two attached hydrogens (primary N) is 1. The number of hydrogen-bond acceptors (Lipinski definition) is 7. The van der Waals surface area contributed by atoms with E-state index in [-0.39, 0.29) is 12.1 Å². The maximum atomic E-state index is 9.82. The minimum Gasteiger partial charge on any atom is -0.391 e. The number of anilines is 2. The van der Waals surface area contributed by atoms with Gasteiger partial charge < -0.3 is 20.3 Å². The van der Waals surface area contributed by atoms with Crippen LogP contribution >= 0.6 is 0 Å². The fourth-order valence-electron chi connectivity index (χ4n) is 3.66. The monoisotopic (exact) mass is 373 g/mol. The largest absolute Gasteiger partial charge is 0.391 e. The number of hydrogen-bond donors (Lipinski definition) is 2. The Hall–Kier alpha value is -3.45. The minimum absolute atomic E-state index is 0.239. The third-order valence-corrected chi connectivity index (χ3v) is 5.08. The molecule has 1 atom stereocenters. The molecule has 7 heteroatoms. The van der Waals surface area contributed by atoms with Gasteiger partial charge in [0.25, 0.3) is 0 Å². The fourth-order valence-corrected chi connectivity index (χ4v) is 3.66. The van der Waals surface area contributed by atoms with Gasteiger partial charge in [-0.3, -0.25) is 0 Å². The maximum absolute atomic E-state index is 9.82. The Balaban J connectivity index is 1.57. The van der Waals surface area contributed by atoms with Crippen molar-refractivity contribution in [1.82, 2.24) is 15.1 Å². The van der Waals surface area contributed by atoms with Crippen LogP contribution in [0.25, 0.3) is 33.5 Å². The SMILES string of the molecule is Nc1nccc(-c2ccc3noc(-c4cccc(N5CCC(O)C5)c4)c3c2)n1. The van der Waals surface area contributed by atoms with E-state index in [4.69, 9.17) is 10.3 Å². The zero-order chi connectivity index (χ0) is 19.1. The van der Waals surface area contributed by atoms with Crippen LogP contribution in [-0.2, 0) is 0 Å². The first-order valence-corrected chi connectivity index (χ1v) is 9.19. The topological polar surface area (TPSA) is 101 Å². The van der Waals surface area contributed by atoms with Gasteiger partial charge in [-0.25, -0.2) is 9.97 Å². The average Bonchev–Trinajstić information content (AvgIpc) is 3.34. The lowest BCUT2D eigenvalue weighted by Crippen LogP contribution is -2.20. The molecule has 1 aliphatic rings. The number of aliphatic hydroxyl groups is 1. The first kappa shape index (κ1) is 16.7. The highest BCUT2D eigenvalue weighted by atomic mass is 16.5. The van der Waals surface area contributed by atoms with E-state index in [1.165, 1.54) is 0 Å². The number of nitrogen functional groups attached to an aromatic ring is 1. The highest BCUT2D eigenvalue weighted by Crippen LogP contribution is 2.34. The molecule has 5 rings (SSSR count). The molecular weight excluding hydrogens is 354 g/mol. The Bertz CT molecular complexity index is 1160. The van der Waals surface area contributed by atoms with Crippen molar-refractivity contribution in [2.24, 2.45) is 0 Å². The quantitative estimate of drug-likeness (QED) is 0.569. The summed E-state index contributed by atoms with van der Waals surface area (Å²) in [6.45, 7) is 1.50. The van der Waals surface area contributed by atoms with Gasteiger partial charge in [-0.1, -0.05) is 23.4 Å². The van der Waals surface area contributed by atoms with E-state index in [9.17, 15) is 5.11 Å². The number of aromatic nitrogens is 3. The zero-order valence-electron chi connectivity index (χ0n) is 15.1. The number of aliphatic hydroxyl groups excluding tert-OH is 1. The van der Waals surface area contributed by atoms with E-state index >= 15 is 0 Å². The summed E-state index contributed by atoms with van der Waals surface area (Å²) in [5.41, 5.74) is 10.2. The first-order valence-electron chi connectivity index (χ1n) is 9.19. The summed E-state index contributed by atoms with van der Waals surface area (Å²) in [5.74, 6) is 0.948. The Morgan fingerprint density at radius 3 is 2.86 bits per heavy atom. The van der Waals surface area contributed by atoms with E-state index in [1.54, 1.807) is 6.20 Å². The molecule has 0 bridgehead atoms. The first-order chi connectivity index (χ1) is 13.7. The molecule has 1 aliphatic heterocycles. The summed E-state index contributed by atoms with van der Waals surface area (Å²) in [5, 5.41) is 14.9. The molecule has 140 valence electrons. The predicted octanol–water partition coefficient (Wildman–Crippen LogP) is 3.11. The molecular formula is C21H19N5O2.